The smallest absolute Gasteiger partial charge is 0.251 e. The lowest BCUT2D eigenvalue weighted by atomic mass is 9.96. The van der Waals surface area contributed by atoms with Crippen LogP contribution < -0.4 is 10.1 Å². The van der Waals surface area contributed by atoms with E-state index in [2.05, 4.69) is 15.2 Å². The number of nitrogens with zero attached hydrogens (tertiary/aromatic N) is 2. The SMILES string of the molecule is O=C(NC1CC2CCN(C2)C1)c1ccc(Oc2ccnc(Cl)c2)cc1. The molecule has 3 heterocycles. The molecule has 2 aliphatic heterocycles. The summed E-state index contributed by atoms with van der Waals surface area (Å²) in [5, 5.41) is 3.55. The van der Waals surface area contributed by atoms with Crippen molar-refractivity contribution >= 4 is 17.5 Å². The number of halogens is 1. The average Bonchev–Trinajstić information content (AvgIpc) is 2.94. The molecule has 130 valence electrons. The van der Waals surface area contributed by atoms with E-state index >= 15 is 0 Å². The second-order valence-electron chi connectivity index (χ2n) is 6.76. The normalized spacial score (nSPS) is 24.8. The van der Waals surface area contributed by atoms with Crippen molar-refractivity contribution in [1.82, 2.24) is 15.2 Å². The van der Waals surface area contributed by atoms with Gasteiger partial charge in [-0.3, -0.25) is 4.79 Å². The van der Waals surface area contributed by atoms with Crippen molar-refractivity contribution in [3.63, 3.8) is 0 Å². The summed E-state index contributed by atoms with van der Waals surface area (Å²) in [6.45, 7) is 3.33. The molecule has 5 nitrogen and oxygen atoms in total. The van der Waals surface area contributed by atoms with E-state index in [4.69, 9.17) is 16.3 Å². The third-order valence-corrected chi connectivity index (χ3v) is 5.06. The van der Waals surface area contributed by atoms with Crippen LogP contribution in [0.3, 0.4) is 0 Å². The second-order valence-corrected chi connectivity index (χ2v) is 7.15. The van der Waals surface area contributed by atoms with E-state index in [1.54, 1.807) is 42.6 Å². The van der Waals surface area contributed by atoms with Gasteiger partial charge in [0.15, 0.2) is 0 Å². The Morgan fingerprint density at radius 3 is 2.80 bits per heavy atom. The van der Waals surface area contributed by atoms with Gasteiger partial charge in [0, 0.05) is 37.0 Å². The standard InChI is InChI=1S/C19H20ClN3O2/c20-18-10-17(5-7-21-18)25-16-3-1-14(2-4-16)19(24)22-15-9-13-6-8-23(11-13)12-15/h1-5,7,10,13,15H,6,8-9,11-12H2,(H,22,24). The topological polar surface area (TPSA) is 54.5 Å². The Kier molecular flexibility index (Phi) is 4.59. The van der Waals surface area contributed by atoms with Crippen LogP contribution >= 0.6 is 11.6 Å². The fourth-order valence-electron chi connectivity index (χ4n) is 3.69. The van der Waals surface area contributed by atoms with Gasteiger partial charge in [0.05, 0.1) is 0 Å². The summed E-state index contributed by atoms with van der Waals surface area (Å²) in [5.41, 5.74) is 0.646. The number of fused-ring (bicyclic) bond motifs is 2. The van der Waals surface area contributed by atoms with Crippen molar-refractivity contribution in [2.24, 2.45) is 5.92 Å². The molecule has 1 N–H and O–H groups in total. The molecule has 6 heteroatoms. The first-order valence-electron chi connectivity index (χ1n) is 8.58. The molecule has 2 fully saturated rings. The lowest BCUT2D eigenvalue weighted by molar-refractivity contribution is 0.0909. The zero-order valence-electron chi connectivity index (χ0n) is 13.8. The first-order valence-corrected chi connectivity index (χ1v) is 8.96. The van der Waals surface area contributed by atoms with E-state index in [0.717, 1.165) is 18.9 Å². The summed E-state index contributed by atoms with van der Waals surface area (Å²) < 4.78 is 5.72. The molecule has 2 saturated heterocycles. The lowest BCUT2D eigenvalue weighted by Gasteiger charge is -2.30. The zero-order valence-corrected chi connectivity index (χ0v) is 14.6. The highest BCUT2D eigenvalue weighted by Gasteiger charge is 2.32. The molecule has 3 atom stereocenters. The fourth-order valence-corrected chi connectivity index (χ4v) is 3.86. The van der Waals surface area contributed by atoms with Gasteiger partial charge in [-0.2, -0.15) is 0 Å². The van der Waals surface area contributed by atoms with E-state index in [0.29, 0.717) is 22.2 Å². The summed E-state index contributed by atoms with van der Waals surface area (Å²) in [4.78, 5) is 18.8. The van der Waals surface area contributed by atoms with Crippen LogP contribution in [0.25, 0.3) is 0 Å². The van der Waals surface area contributed by atoms with Gasteiger partial charge in [-0.25, -0.2) is 4.98 Å². The minimum Gasteiger partial charge on any atom is -0.457 e. The van der Waals surface area contributed by atoms with Crippen LogP contribution in [-0.2, 0) is 0 Å². The highest BCUT2D eigenvalue weighted by molar-refractivity contribution is 6.29. The maximum Gasteiger partial charge on any atom is 0.251 e. The predicted molar refractivity (Wildman–Crippen MR) is 96.2 cm³/mol. The molecule has 1 amide bonds. The molecule has 2 aromatic rings. The number of piperidine rings is 1. The van der Waals surface area contributed by atoms with E-state index < -0.39 is 0 Å². The molecule has 2 aliphatic rings. The van der Waals surface area contributed by atoms with Gasteiger partial charge in [-0.05, 0) is 55.6 Å². The van der Waals surface area contributed by atoms with Crippen molar-refractivity contribution in [2.75, 3.05) is 19.6 Å². The Balaban J connectivity index is 1.37. The minimum atomic E-state index is -0.0222. The van der Waals surface area contributed by atoms with Crippen LogP contribution in [0.5, 0.6) is 11.5 Å². The number of nitrogens with one attached hydrogen (secondary N) is 1. The molecule has 2 bridgehead atoms. The van der Waals surface area contributed by atoms with Crippen molar-refractivity contribution in [3.05, 3.63) is 53.3 Å². The number of aromatic nitrogens is 1. The Morgan fingerprint density at radius 2 is 2.04 bits per heavy atom. The highest BCUT2D eigenvalue weighted by Crippen LogP contribution is 2.27. The third-order valence-electron chi connectivity index (χ3n) is 4.85. The maximum atomic E-state index is 12.5. The lowest BCUT2D eigenvalue weighted by Crippen LogP contribution is -2.46. The van der Waals surface area contributed by atoms with Crippen molar-refractivity contribution in [1.29, 1.82) is 0 Å². The molecule has 0 spiro atoms. The maximum absolute atomic E-state index is 12.5. The second kappa shape index (κ2) is 7.02. The molecule has 3 unspecified atom stereocenters. The van der Waals surface area contributed by atoms with E-state index in [1.165, 1.54) is 19.5 Å². The van der Waals surface area contributed by atoms with Crippen LogP contribution in [0.1, 0.15) is 23.2 Å². The number of carbonyl (C=O) groups is 1. The molecule has 0 aliphatic carbocycles. The van der Waals surface area contributed by atoms with E-state index in [-0.39, 0.29) is 11.9 Å². The summed E-state index contributed by atoms with van der Waals surface area (Å²) in [5.74, 6) is 1.98. The first-order chi connectivity index (χ1) is 12.2. The number of amides is 1. The number of benzene rings is 1. The first kappa shape index (κ1) is 16.4. The Bertz CT molecular complexity index is 754. The van der Waals surface area contributed by atoms with Gasteiger partial charge < -0.3 is 15.0 Å². The summed E-state index contributed by atoms with van der Waals surface area (Å²) >= 11 is 5.85. The fraction of sp³-hybridized carbons (Fsp3) is 0.368. The number of rotatable bonds is 4. The molecular weight excluding hydrogens is 338 g/mol. The van der Waals surface area contributed by atoms with Crippen LogP contribution in [0.2, 0.25) is 5.15 Å². The molecule has 1 aromatic carbocycles. The number of carbonyl (C=O) groups excluding carboxylic acids is 1. The zero-order chi connectivity index (χ0) is 17.2. The molecular formula is C19H20ClN3O2. The third kappa shape index (κ3) is 3.94. The molecule has 1 aromatic heterocycles. The van der Waals surface area contributed by atoms with Gasteiger partial charge in [-0.1, -0.05) is 11.6 Å². The van der Waals surface area contributed by atoms with Crippen molar-refractivity contribution < 1.29 is 9.53 Å². The Hall–Kier alpha value is -2.11. The number of ether oxygens (including phenoxy) is 1. The van der Waals surface area contributed by atoms with E-state index in [1.807, 2.05) is 0 Å². The Labute approximate surface area is 152 Å². The summed E-state index contributed by atoms with van der Waals surface area (Å²) in [6.07, 6.45) is 3.94. The Morgan fingerprint density at radius 1 is 1.20 bits per heavy atom. The minimum absolute atomic E-state index is 0.0222. The van der Waals surface area contributed by atoms with E-state index in [9.17, 15) is 4.79 Å². The summed E-state index contributed by atoms with van der Waals surface area (Å²) in [7, 11) is 0. The average molecular weight is 358 g/mol. The molecule has 0 saturated carbocycles. The van der Waals surface area contributed by atoms with Crippen LogP contribution in [0.15, 0.2) is 42.6 Å². The number of pyridine rings is 1. The van der Waals surface area contributed by atoms with Crippen LogP contribution in [-0.4, -0.2) is 41.5 Å². The van der Waals surface area contributed by atoms with Crippen molar-refractivity contribution in [2.45, 2.75) is 18.9 Å². The summed E-state index contributed by atoms with van der Waals surface area (Å²) in [6, 6.07) is 10.8. The van der Waals surface area contributed by atoms with Crippen LogP contribution in [0.4, 0.5) is 0 Å². The molecule has 0 radical (unpaired) electrons. The van der Waals surface area contributed by atoms with Gasteiger partial charge in [0.1, 0.15) is 16.7 Å². The van der Waals surface area contributed by atoms with Crippen LogP contribution in [0, 0.1) is 5.92 Å². The monoisotopic (exact) mass is 357 g/mol. The quantitative estimate of drug-likeness (QED) is 0.852. The molecule has 4 rings (SSSR count). The van der Waals surface area contributed by atoms with Gasteiger partial charge in [0.25, 0.3) is 5.91 Å². The van der Waals surface area contributed by atoms with Gasteiger partial charge in [0.2, 0.25) is 0 Å². The van der Waals surface area contributed by atoms with Gasteiger partial charge >= 0.3 is 0 Å². The largest absolute Gasteiger partial charge is 0.457 e. The highest BCUT2D eigenvalue weighted by atomic mass is 35.5. The number of hydrogen-bond donors (Lipinski definition) is 1. The molecule has 25 heavy (non-hydrogen) atoms. The van der Waals surface area contributed by atoms with Crippen molar-refractivity contribution in [3.8, 4) is 11.5 Å². The predicted octanol–water partition coefficient (Wildman–Crippen LogP) is 3.35. The van der Waals surface area contributed by atoms with Gasteiger partial charge in [-0.15, -0.1) is 0 Å². The number of hydrogen-bond acceptors (Lipinski definition) is 4.